The van der Waals surface area contributed by atoms with Crippen LogP contribution in [0.1, 0.15) is 12.0 Å². The lowest BCUT2D eigenvalue weighted by Crippen LogP contribution is -2.30. The average molecular weight is 369 g/mol. The minimum Gasteiger partial charge on any atom is -0.502 e. The Kier molecular flexibility index (Phi) is 5.68. The minimum atomic E-state index is -0.999. The molecule has 2 rings (SSSR count). The summed E-state index contributed by atoms with van der Waals surface area (Å²) in [6, 6.07) is 3.11. The van der Waals surface area contributed by atoms with Crippen molar-refractivity contribution in [1.82, 2.24) is 4.90 Å². The Morgan fingerprint density at radius 1 is 1.33 bits per heavy atom. The summed E-state index contributed by atoms with van der Waals surface area (Å²) in [5.41, 5.74) is 0.584. The maximum absolute atomic E-state index is 12.4. The van der Waals surface area contributed by atoms with Crippen molar-refractivity contribution < 1.29 is 29.3 Å². The molecule has 0 atom stereocenters. The molecule has 0 radical (unpaired) electrons. The number of hydrogen-bond acceptors (Lipinski definition) is 7. The second-order valence-corrected chi connectivity index (χ2v) is 6.43. The molecule has 2 N–H and O–H groups in total. The molecule has 1 fully saturated rings. The van der Waals surface area contributed by atoms with Gasteiger partial charge in [-0.3, -0.25) is 14.5 Å². The largest absolute Gasteiger partial charge is 0.502 e. The van der Waals surface area contributed by atoms with Gasteiger partial charge in [-0.25, -0.2) is 0 Å². The Balaban J connectivity index is 2.30. The summed E-state index contributed by atoms with van der Waals surface area (Å²) in [5.74, 6) is -1.06. The molecule has 128 valence electrons. The number of carboxylic acid groups (broad SMARTS) is 1. The second kappa shape index (κ2) is 7.54. The van der Waals surface area contributed by atoms with Crippen molar-refractivity contribution in [1.29, 1.82) is 0 Å². The first-order valence-electron chi connectivity index (χ1n) is 6.79. The maximum Gasteiger partial charge on any atom is 0.305 e. The number of ether oxygens (including phenoxy) is 2. The van der Waals surface area contributed by atoms with Crippen LogP contribution in [0.2, 0.25) is 0 Å². The maximum atomic E-state index is 12.4. The first-order valence-corrected chi connectivity index (χ1v) is 8.02. The zero-order chi connectivity index (χ0) is 17.9. The molecule has 1 aliphatic rings. The summed E-state index contributed by atoms with van der Waals surface area (Å²) in [7, 11) is 2.81. The molecule has 0 bridgehead atoms. The number of aliphatic carboxylic acids is 1. The topological polar surface area (TPSA) is 96.3 Å². The van der Waals surface area contributed by atoms with Gasteiger partial charge in [0.25, 0.3) is 5.91 Å². The number of aromatic hydroxyl groups is 1. The Hall–Kier alpha value is -2.26. The van der Waals surface area contributed by atoms with Crippen molar-refractivity contribution in [3.63, 3.8) is 0 Å². The fourth-order valence-corrected chi connectivity index (χ4v) is 3.36. The predicted octanol–water partition coefficient (Wildman–Crippen LogP) is 2.09. The van der Waals surface area contributed by atoms with Crippen LogP contribution < -0.4 is 9.47 Å². The number of rotatable bonds is 6. The monoisotopic (exact) mass is 369 g/mol. The van der Waals surface area contributed by atoms with E-state index in [1.54, 1.807) is 18.2 Å². The highest BCUT2D eigenvalue weighted by atomic mass is 32.2. The molecule has 0 aromatic heterocycles. The van der Waals surface area contributed by atoms with E-state index >= 15 is 0 Å². The van der Waals surface area contributed by atoms with Crippen molar-refractivity contribution in [3.05, 3.63) is 22.6 Å². The first-order chi connectivity index (χ1) is 11.4. The normalized spacial score (nSPS) is 15.9. The van der Waals surface area contributed by atoms with Crippen LogP contribution in [-0.2, 0) is 9.59 Å². The molecular formula is C15H15NO6S2. The van der Waals surface area contributed by atoms with E-state index in [1.807, 2.05) is 0 Å². The third kappa shape index (κ3) is 3.80. The number of phenolic OH excluding ortho intramolecular Hbond substituents is 1. The Labute approximate surface area is 147 Å². The van der Waals surface area contributed by atoms with E-state index in [9.17, 15) is 14.7 Å². The number of methoxy groups -OCH3 is 2. The summed E-state index contributed by atoms with van der Waals surface area (Å²) < 4.78 is 10.5. The molecule has 9 heteroatoms. The zero-order valence-corrected chi connectivity index (χ0v) is 14.6. The Morgan fingerprint density at radius 3 is 2.42 bits per heavy atom. The highest BCUT2D eigenvalue weighted by Gasteiger charge is 2.32. The van der Waals surface area contributed by atoms with E-state index in [0.717, 1.165) is 11.8 Å². The average Bonchev–Trinajstić information content (AvgIpc) is 2.80. The highest BCUT2D eigenvalue weighted by Crippen LogP contribution is 2.39. The summed E-state index contributed by atoms with van der Waals surface area (Å²) in [6.07, 6.45) is 1.41. The number of thioether (sulfide) groups is 1. The van der Waals surface area contributed by atoms with E-state index in [0.29, 0.717) is 14.8 Å². The molecule has 7 nitrogen and oxygen atoms in total. The SMILES string of the molecule is COc1cc(/C=C2\SC(=S)N(CCC(=O)O)C2=O)cc(OC)c1O. The van der Waals surface area contributed by atoms with E-state index in [1.165, 1.54) is 19.1 Å². The van der Waals surface area contributed by atoms with Crippen LogP contribution in [0.5, 0.6) is 17.2 Å². The Morgan fingerprint density at radius 2 is 1.92 bits per heavy atom. The number of benzene rings is 1. The number of phenols is 1. The summed E-state index contributed by atoms with van der Waals surface area (Å²) in [5, 5.41) is 18.6. The van der Waals surface area contributed by atoms with Gasteiger partial charge in [0.15, 0.2) is 11.5 Å². The number of hydrogen-bond donors (Lipinski definition) is 2. The van der Waals surface area contributed by atoms with Gasteiger partial charge in [-0.05, 0) is 23.8 Å². The van der Waals surface area contributed by atoms with Crippen LogP contribution in [0.25, 0.3) is 6.08 Å². The summed E-state index contributed by atoms with van der Waals surface area (Å²) in [6.45, 7) is 0.0273. The molecule has 1 aromatic carbocycles. The van der Waals surface area contributed by atoms with Crippen molar-refractivity contribution in [3.8, 4) is 17.2 Å². The smallest absolute Gasteiger partial charge is 0.305 e. The third-order valence-electron chi connectivity index (χ3n) is 3.22. The van der Waals surface area contributed by atoms with Gasteiger partial charge < -0.3 is 19.7 Å². The number of amides is 1. The highest BCUT2D eigenvalue weighted by molar-refractivity contribution is 8.26. The molecule has 1 heterocycles. The number of carbonyl (C=O) groups is 2. The lowest BCUT2D eigenvalue weighted by Gasteiger charge is -2.12. The molecule has 0 spiro atoms. The summed E-state index contributed by atoms with van der Waals surface area (Å²) >= 11 is 6.22. The lowest BCUT2D eigenvalue weighted by atomic mass is 10.1. The standard InChI is InChI=1S/C15H15NO6S2/c1-21-9-5-8(6-10(22-2)13(9)19)7-11-14(20)16(15(23)24-11)4-3-12(17)18/h5-7,19H,3-4H2,1-2H3,(H,17,18)/b11-7-. The van der Waals surface area contributed by atoms with Crippen LogP contribution in [-0.4, -0.2) is 52.1 Å². The van der Waals surface area contributed by atoms with E-state index < -0.39 is 5.97 Å². The molecule has 0 saturated carbocycles. The van der Waals surface area contributed by atoms with Gasteiger partial charge in [0.1, 0.15) is 4.32 Å². The van der Waals surface area contributed by atoms with Crippen LogP contribution in [0.15, 0.2) is 17.0 Å². The lowest BCUT2D eigenvalue weighted by molar-refractivity contribution is -0.137. The second-order valence-electron chi connectivity index (χ2n) is 4.75. The van der Waals surface area contributed by atoms with Crippen LogP contribution in [0, 0.1) is 0 Å². The molecule has 1 amide bonds. The van der Waals surface area contributed by atoms with Crippen LogP contribution in [0.4, 0.5) is 0 Å². The van der Waals surface area contributed by atoms with Crippen LogP contribution in [0.3, 0.4) is 0 Å². The van der Waals surface area contributed by atoms with Crippen LogP contribution >= 0.6 is 24.0 Å². The van der Waals surface area contributed by atoms with E-state index in [2.05, 4.69) is 0 Å². The summed E-state index contributed by atoms with van der Waals surface area (Å²) in [4.78, 5) is 24.6. The number of carbonyl (C=O) groups excluding carboxylic acids is 1. The molecule has 1 aliphatic heterocycles. The van der Waals surface area contributed by atoms with E-state index in [4.69, 9.17) is 26.8 Å². The molecule has 24 heavy (non-hydrogen) atoms. The third-order valence-corrected chi connectivity index (χ3v) is 4.60. The fourth-order valence-electron chi connectivity index (χ4n) is 2.05. The quantitative estimate of drug-likeness (QED) is 0.581. The zero-order valence-electron chi connectivity index (χ0n) is 12.9. The van der Waals surface area contributed by atoms with Crippen molar-refractivity contribution >= 4 is 46.3 Å². The van der Waals surface area contributed by atoms with Gasteiger partial charge in [-0.1, -0.05) is 24.0 Å². The van der Waals surface area contributed by atoms with Gasteiger partial charge in [0.2, 0.25) is 5.75 Å². The first kappa shape index (κ1) is 18.1. The van der Waals surface area contributed by atoms with Gasteiger partial charge in [0, 0.05) is 6.54 Å². The molecular weight excluding hydrogens is 354 g/mol. The predicted molar refractivity (Wildman–Crippen MR) is 93.3 cm³/mol. The number of nitrogens with zero attached hydrogens (tertiary/aromatic N) is 1. The van der Waals surface area contributed by atoms with Crippen molar-refractivity contribution in [2.24, 2.45) is 0 Å². The molecule has 1 saturated heterocycles. The van der Waals surface area contributed by atoms with E-state index in [-0.39, 0.29) is 36.1 Å². The fraction of sp³-hybridized carbons (Fsp3) is 0.267. The molecule has 0 unspecified atom stereocenters. The Bertz CT molecular complexity index is 706. The van der Waals surface area contributed by atoms with Gasteiger partial charge in [0.05, 0.1) is 25.5 Å². The molecule has 0 aliphatic carbocycles. The van der Waals surface area contributed by atoms with Crippen molar-refractivity contribution in [2.75, 3.05) is 20.8 Å². The van der Waals surface area contributed by atoms with Gasteiger partial charge in [-0.2, -0.15) is 0 Å². The van der Waals surface area contributed by atoms with Crippen molar-refractivity contribution in [2.45, 2.75) is 6.42 Å². The number of carboxylic acids is 1. The molecule has 1 aromatic rings. The van der Waals surface area contributed by atoms with Gasteiger partial charge >= 0.3 is 5.97 Å². The van der Waals surface area contributed by atoms with Gasteiger partial charge in [-0.15, -0.1) is 0 Å². The number of thiocarbonyl (C=S) groups is 1. The minimum absolute atomic E-state index is 0.0273.